The highest BCUT2D eigenvalue weighted by atomic mass is 32.2. The number of likely N-dealkylation sites (N-methyl/N-ethyl adjacent to an activating group) is 1. The minimum absolute atomic E-state index is 0.00453. The molecule has 0 spiro atoms. The molecule has 1 aromatic rings. The molecule has 7 nitrogen and oxygen atoms in total. The standard InChI is InChI=1S/C19H28FN3O4S/c1-14(2)10-23(17-7-8-28(26,27)13-17)19(25)12-22(3)11-18(24)21-16-6-4-5-15(20)9-16/h4-6,9,14,17H,7-8,10-13H2,1-3H3,(H,21,24)/p+1/t17-/m0/s1. The van der Waals surface area contributed by atoms with E-state index in [1.165, 1.54) is 18.2 Å². The number of halogens is 1. The monoisotopic (exact) mass is 414 g/mol. The van der Waals surface area contributed by atoms with Gasteiger partial charge in [0.05, 0.1) is 18.6 Å². The van der Waals surface area contributed by atoms with E-state index in [0.29, 0.717) is 23.6 Å². The Morgan fingerprint density at radius 3 is 2.61 bits per heavy atom. The number of amides is 2. The molecule has 0 bridgehead atoms. The zero-order valence-corrected chi connectivity index (χ0v) is 17.4. The van der Waals surface area contributed by atoms with Gasteiger partial charge >= 0.3 is 0 Å². The summed E-state index contributed by atoms with van der Waals surface area (Å²) in [5, 5.41) is 2.61. The lowest BCUT2D eigenvalue weighted by Gasteiger charge is -2.30. The van der Waals surface area contributed by atoms with Gasteiger partial charge in [-0.05, 0) is 30.5 Å². The molecule has 0 aliphatic carbocycles. The Bertz CT molecular complexity index is 813. The van der Waals surface area contributed by atoms with Crippen LogP contribution in [0.25, 0.3) is 0 Å². The van der Waals surface area contributed by atoms with E-state index in [4.69, 9.17) is 0 Å². The highest BCUT2D eigenvalue weighted by Gasteiger charge is 2.35. The summed E-state index contributed by atoms with van der Waals surface area (Å²) in [6, 6.07) is 5.31. The average Bonchev–Trinajstić information content (AvgIpc) is 2.91. The van der Waals surface area contributed by atoms with Gasteiger partial charge in [-0.25, -0.2) is 12.8 Å². The summed E-state index contributed by atoms with van der Waals surface area (Å²) in [7, 11) is -1.37. The zero-order chi connectivity index (χ0) is 20.9. The molecule has 2 rings (SSSR count). The summed E-state index contributed by atoms with van der Waals surface area (Å²) < 4.78 is 36.8. The number of rotatable bonds is 8. The Balaban J connectivity index is 1.93. The summed E-state index contributed by atoms with van der Waals surface area (Å²) in [5.41, 5.74) is 0.363. The summed E-state index contributed by atoms with van der Waals surface area (Å²) in [6.45, 7) is 4.57. The fourth-order valence-corrected chi connectivity index (χ4v) is 5.07. The first-order chi connectivity index (χ1) is 13.1. The molecular weight excluding hydrogens is 385 g/mol. The Hall–Kier alpha value is -2.00. The van der Waals surface area contributed by atoms with E-state index >= 15 is 0 Å². The van der Waals surface area contributed by atoms with Crippen LogP contribution in [0.2, 0.25) is 0 Å². The van der Waals surface area contributed by atoms with Gasteiger partial charge in [-0.2, -0.15) is 0 Å². The van der Waals surface area contributed by atoms with E-state index < -0.39 is 15.7 Å². The third-order valence-corrected chi connectivity index (χ3v) is 6.31. The van der Waals surface area contributed by atoms with Gasteiger partial charge < -0.3 is 15.1 Å². The van der Waals surface area contributed by atoms with Crippen molar-refractivity contribution in [2.75, 3.05) is 43.5 Å². The van der Waals surface area contributed by atoms with Gasteiger partial charge in [0, 0.05) is 18.3 Å². The van der Waals surface area contributed by atoms with Crippen molar-refractivity contribution in [3.8, 4) is 0 Å². The van der Waals surface area contributed by atoms with Crippen molar-refractivity contribution in [1.29, 1.82) is 0 Å². The second kappa shape index (κ2) is 9.47. The number of hydrogen-bond acceptors (Lipinski definition) is 4. The number of anilines is 1. The van der Waals surface area contributed by atoms with E-state index in [-0.39, 0.29) is 48.4 Å². The summed E-state index contributed by atoms with van der Waals surface area (Å²) in [5.74, 6) is -0.599. The summed E-state index contributed by atoms with van der Waals surface area (Å²) in [4.78, 5) is 27.3. The predicted octanol–water partition coefficient (Wildman–Crippen LogP) is -0.0494. The molecular formula is C19H29FN3O4S+. The minimum Gasteiger partial charge on any atom is -0.334 e. The van der Waals surface area contributed by atoms with Crippen LogP contribution in [0.5, 0.6) is 0 Å². The van der Waals surface area contributed by atoms with E-state index in [1.807, 2.05) is 13.8 Å². The molecule has 28 heavy (non-hydrogen) atoms. The smallest absolute Gasteiger partial charge is 0.279 e. The van der Waals surface area contributed by atoms with Crippen LogP contribution >= 0.6 is 0 Å². The Morgan fingerprint density at radius 2 is 2.04 bits per heavy atom. The maximum atomic E-state index is 13.2. The van der Waals surface area contributed by atoms with E-state index in [1.54, 1.807) is 18.0 Å². The predicted molar refractivity (Wildman–Crippen MR) is 105 cm³/mol. The number of nitrogens with one attached hydrogen (secondary N) is 2. The molecule has 156 valence electrons. The molecule has 0 radical (unpaired) electrons. The maximum absolute atomic E-state index is 13.2. The van der Waals surface area contributed by atoms with Crippen LogP contribution in [-0.4, -0.2) is 69.4 Å². The first-order valence-corrected chi connectivity index (χ1v) is 11.2. The largest absolute Gasteiger partial charge is 0.334 e. The van der Waals surface area contributed by atoms with Gasteiger partial charge in [0.25, 0.3) is 11.8 Å². The number of sulfone groups is 1. The zero-order valence-electron chi connectivity index (χ0n) is 16.6. The van der Waals surface area contributed by atoms with E-state index in [0.717, 1.165) is 0 Å². The van der Waals surface area contributed by atoms with Gasteiger partial charge in [-0.15, -0.1) is 0 Å². The molecule has 0 aromatic heterocycles. The first kappa shape index (κ1) is 22.3. The molecule has 1 unspecified atom stereocenters. The molecule has 1 fully saturated rings. The van der Waals surface area contributed by atoms with Crippen LogP contribution in [0, 0.1) is 11.7 Å². The van der Waals surface area contributed by atoms with Crippen molar-refractivity contribution in [2.24, 2.45) is 5.92 Å². The second-order valence-electron chi connectivity index (χ2n) is 7.87. The molecule has 2 N–H and O–H groups in total. The molecule has 1 saturated heterocycles. The number of benzene rings is 1. The lowest BCUT2D eigenvalue weighted by Crippen LogP contribution is -3.11. The second-order valence-corrected chi connectivity index (χ2v) is 10.1. The molecule has 2 atom stereocenters. The maximum Gasteiger partial charge on any atom is 0.279 e. The van der Waals surface area contributed by atoms with Crippen molar-refractivity contribution < 1.29 is 27.3 Å². The number of carbonyl (C=O) groups excluding carboxylic acids is 2. The summed E-state index contributed by atoms with van der Waals surface area (Å²) in [6.07, 6.45) is 0.458. The fourth-order valence-electron chi connectivity index (χ4n) is 3.34. The van der Waals surface area contributed by atoms with E-state index in [2.05, 4.69) is 5.32 Å². The normalized spacial score (nSPS) is 19.4. The Labute approximate surface area is 165 Å². The Morgan fingerprint density at radius 1 is 1.32 bits per heavy atom. The third-order valence-electron chi connectivity index (χ3n) is 4.56. The molecule has 1 aliphatic rings. The van der Waals surface area contributed by atoms with Crippen molar-refractivity contribution in [2.45, 2.75) is 26.3 Å². The lowest BCUT2D eigenvalue weighted by atomic mass is 10.1. The van der Waals surface area contributed by atoms with Crippen LogP contribution in [0.4, 0.5) is 10.1 Å². The highest BCUT2D eigenvalue weighted by Crippen LogP contribution is 2.19. The SMILES string of the molecule is CC(C)CN(C(=O)C[NH+](C)CC(=O)Nc1cccc(F)c1)[C@H]1CCS(=O)(=O)C1. The van der Waals surface area contributed by atoms with Gasteiger partial charge in [0.15, 0.2) is 22.9 Å². The van der Waals surface area contributed by atoms with Crippen LogP contribution < -0.4 is 10.2 Å². The van der Waals surface area contributed by atoms with Crippen LogP contribution in [-0.2, 0) is 19.4 Å². The number of hydrogen-bond donors (Lipinski definition) is 2. The lowest BCUT2D eigenvalue weighted by molar-refractivity contribution is -0.862. The third kappa shape index (κ3) is 6.87. The quantitative estimate of drug-likeness (QED) is 0.624. The van der Waals surface area contributed by atoms with Crippen LogP contribution in [0.15, 0.2) is 24.3 Å². The van der Waals surface area contributed by atoms with Crippen molar-refractivity contribution in [1.82, 2.24) is 4.90 Å². The number of carbonyl (C=O) groups is 2. The molecule has 1 aliphatic heterocycles. The number of nitrogens with zero attached hydrogens (tertiary/aromatic N) is 1. The highest BCUT2D eigenvalue weighted by molar-refractivity contribution is 7.91. The topological polar surface area (TPSA) is 88.0 Å². The number of quaternary nitrogens is 1. The van der Waals surface area contributed by atoms with E-state index in [9.17, 15) is 22.4 Å². The summed E-state index contributed by atoms with van der Waals surface area (Å²) >= 11 is 0. The molecule has 1 heterocycles. The van der Waals surface area contributed by atoms with Crippen molar-refractivity contribution in [3.05, 3.63) is 30.1 Å². The Kier molecular flexibility index (Phi) is 7.54. The van der Waals surface area contributed by atoms with Crippen molar-refractivity contribution >= 4 is 27.3 Å². The molecule has 1 aromatic carbocycles. The molecule has 2 amide bonds. The van der Waals surface area contributed by atoms with Crippen LogP contribution in [0.3, 0.4) is 0 Å². The van der Waals surface area contributed by atoms with Crippen LogP contribution in [0.1, 0.15) is 20.3 Å². The van der Waals surface area contributed by atoms with Gasteiger partial charge in [-0.3, -0.25) is 9.59 Å². The average molecular weight is 415 g/mol. The molecule has 9 heteroatoms. The first-order valence-electron chi connectivity index (χ1n) is 9.42. The fraction of sp³-hybridized carbons (Fsp3) is 0.579. The van der Waals surface area contributed by atoms with Crippen molar-refractivity contribution in [3.63, 3.8) is 0 Å². The van der Waals surface area contributed by atoms with Gasteiger partial charge in [0.2, 0.25) is 0 Å². The minimum atomic E-state index is -3.09. The molecule has 0 saturated carbocycles. The van der Waals surface area contributed by atoms with Gasteiger partial charge in [-0.1, -0.05) is 19.9 Å². The van der Waals surface area contributed by atoms with Gasteiger partial charge in [0.1, 0.15) is 5.82 Å².